The molecule has 0 atom stereocenters. The van der Waals surface area contributed by atoms with Crippen LogP contribution in [0.2, 0.25) is 0 Å². The first-order valence-electron chi connectivity index (χ1n) is 7.51. The molecule has 2 aromatic carbocycles. The quantitative estimate of drug-likeness (QED) is 0.796. The topological polar surface area (TPSA) is 68.8 Å². The number of benzene rings is 2. The first-order chi connectivity index (χ1) is 11.5. The summed E-state index contributed by atoms with van der Waals surface area (Å²) in [6, 6.07) is 10.6. The van der Waals surface area contributed by atoms with Crippen molar-refractivity contribution in [1.29, 1.82) is 0 Å². The Bertz CT molecular complexity index is 716. The average Bonchev–Trinajstić information content (AvgIpc) is 2.59. The molecule has 0 aliphatic rings. The van der Waals surface area contributed by atoms with Crippen molar-refractivity contribution in [2.24, 2.45) is 0 Å². The standard InChI is InChI=1S/C18H22N2O4/c1-12-6-5-7-16(13(12)2)24-11-19-18(21)20-15-9-8-14(22-3)10-17(15)23-4/h5-10H,11H2,1-4H3,(H2,19,20,21). The molecule has 2 aromatic rings. The van der Waals surface area contributed by atoms with Crippen LogP contribution in [0, 0.1) is 13.8 Å². The fourth-order valence-electron chi connectivity index (χ4n) is 2.13. The van der Waals surface area contributed by atoms with Crippen molar-refractivity contribution in [2.75, 3.05) is 26.3 Å². The molecular formula is C18H22N2O4. The number of nitrogens with one attached hydrogen (secondary N) is 2. The van der Waals surface area contributed by atoms with Crippen molar-refractivity contribution in [3.05, 3.63) is 47.5 Å². The zero-order valence-electron chi connectivity index (χ0n) is 14.3. The molecule has 0 radical (unpaired) electrons. The molecule has 0 unspecified atom stereocenters. The smallest absolute Gasteiger partial charge is 0.321 e. The van der Waals surface area contributed by atoms with Crippen LogP contribution >= 0.6 is 0 Å². The number of hydrogen-bond donors (Lipinski definition) is 2. The van der Waals surface area contributed by atoms with Crippen LogP contribution in [-0.2, 0) is 0 Å². The van der Waals surface area contributed by atoms with E-state index in [0.717, 1.165) is 16.9 Å². The van der Waals surface area contributed by atoms with Gasteiger partial charge < -0.3 is 24.8 Å². The van der Waals surface area contributed by atoms with Gasteiger partial charge in [-0.15, -0.1) is 0 Å². The molecule has 0 saturated carbocycles. The lowest BCUT2D eigenvalue weighted by Crippen LogP contribution is -2.32. The number of amides is 2. The van der Waals surface area contributed by atoms with Gasteiger partial charge in [0.2, 0.25) is 0 Å². The fourth-order valence-corrected chi connectivity index (χ4v) is 2.13. The van der Waals surface area contributed by atoms with Crippen molar-refractivity contribution in [1.82, 2.24) is 5.32 Å². The van der Waals surface area contributed by atoms with Gasteiger partial charge in [0.15, 0.2) is 6.73 Å². The SMILES string of the molecule is COc1ccc(NC(=O)NCOc2cccc(C)c2C)c(OC)c1. The van der Waals surface area contributed by atoms with Crippen LogP contribution in [0.3, 0.4) is 0 Å². The van der Waals surface area contributed by atoms with Crippen molar-refractivity contribution >= 4 is 11.7 Å². The Balaban J connectivity index is 1.91. The van der Waals surface area contributed by atoms with E-state index in [2.05, 4.69) is 10.6 Å². The summed E-state index contributed by atoms with van der Waals surface area (Å²) in [5, 5.41) is 5.36. The number of carbonyl (C=O) groups is 1. The van der Waals surface area contributed by atoms with E-state index < -0.39 is 0 Å². The molecule has 0 aliphatic carbocycles. The van der Waals surface area contributed by atoms with Gasteiger partial charge in [-0.05, 0) is 43.2 Å². The van der Waals surface area contributed by atoms with E-state index in [-0.39, 0.29) is 12.8 Å². The van der Waals surface area contributed by atoms with Gasteiger partial charge in [0.1, 0.15) is 17.2 Å². The Kier molecular flexibility index (Phi) is 5.89. The van der Waals surface area contributed by atoms with E-state index in [9.17, 15) is 4.79 Å². The summed E-state index contributed by atoms with van der Waals surface area (Å²) < 4.78 is 16.0. The number of aryl methyl sites for hydroxylation is 1. The van der Waals surface area contributed by atoms with Crippen molar-refractivity contribution in [3.63, 3.8) is 0 Å². The first-order valence-corrected chi connectivity index (χ1v) is 7.51. The molecule has 24 heavy (non-hydrogen) atoms. The lowest BCUT2D eigenvalue weighted by atomic mass is 10.1. The van der Waals surface area contributed by atoms with Crippen LogP contribution in [0.5, 0.6) is 17.2 Å². The molecule has 6 nitrogen and oxygen atoms in total. The Morgan fingerprint density at radius 2 is 1.83 bits per heavy atom. The second-order valence-corrected chi connectivity index (χ2v) is 5.18. The summed E-state index contributed by atoms with van der Waals surface area (Å²) in [7, 11) is 3.10. The predicted molar refractivity (Wildman–Crippen MR) is 93.1 cm³/mol. The highest BCUT2D eigenvalue weighted by Gasteiger charge is 2.09. The van der Waals surface area contributed by atoms with Crippen LogP contribution in [0.4, 0.5) is 10.5 Å². The summed E-state index contributed by atoms with van der Waals surface area (Å²) in [5.74, 6) is 1.91. The summed E-state index contributed by atoms with van der Waals surface area (Å²) in [4.78, 5) is 12.0. The fraction of sp³-hybridized carbons (Fsp3) is 0.278. The van der Waals surface area contributed by atoms with Gasteiger partial charge in [0.05, 0.1) is 19.9 Å². The van der Waals surface area contributed by atoms with Crippen LogP contribution in [0.1, 0.15) is 11.1 Å². The van der Waals surface area contributed by atoms with E-state index in [1.807, 2.05) is 32.0 Å². The molecule has 2 amide bonds. The molecule has 0 heterocycles. The van der Waals surface area contributed by atoms with E-state index in [4.69, 9.17) is 14.2 Å². The number of anilines is 1. The summed E-state index contributed by atoms with van der Waals surface area (Å²) in [6.07, 6.45) is 0. The number of methoxy groups -OCH3 is 2. The Morgan fingerprint density at radius 1 is 1.04 bits per heavy atom. The minimum absolute atomic E-state index is 0.0641. The maximum Gasteiger partial charge on any atom is 0.321 e. The van der Waals surface area contributed by atoms with E-state index >= 15 is 0 Å². The van der Waals surface area contributed by atoms with Gasteiger partial charge in [-0.3, -0.25) is 0 Å². The van der Waals surface area contributed by atoms with E-state index in [1.54, 1.807) is 25.3 Å². The number of rotatable bonds is 6. The molecule has 128 valence electrons. The minimum Gasteiger partial charge on any atom is -0.497 e. The lowest BCUT2D eigenvalue weighted by molar-refractivity contribution is 0.234. The largest absolute Gasteiger partial charge is 0.497 e. The summed E-state index contributed by atoms with van der Waals surface area (Å²) >= 11 is 0. The lowest BCUT2D eigenvalue weighted by Gasteiger charge is -2.14. The van der Waals surface area contributed by atoms with Crippen LogP contribution in [-0.4, -0.2) is 27.0 Å². The molecule has 2 rings (SSSR count). The molecule has 0 saturated heterocycles. The highest BCUT2D eigenvalue weighted by molar-refractivity contribution is 5.91. The molecule has 0 aromatic heterocycles. The summed E-state index contributed by atoms with van der Waals surface area (Å²) in [6.45, 7) is 4.06. The monoisotopic (exact) mass is 330 g/mol. The van der Waals surface area contributed by atoms with Gasteiger partial charge in [0.25, 0.3) is 0 Å². The van der Waals surface area contributed by atoms with Gasteiger partial charge in [-0.2, -0.15) is 0 Å². The molecule has 0 spiro atoms. The highest BCUT2D eigenvalue weighted by Crippen LogP contribution is 2.28. The molecule has 0 bridgehead atoms. The summed E-state index contributed by atoms with van der Waals surface area (Å²) in [5.41, 5.74) is 2.74. The third kappa shape index (κ3) is 4.32. The highest BCUT2D eigenvalue weighted by atomic mass is 16.5. The zero-order valence-corrected chi connectivity index (χ0v) is 14.3. The third-order valence-corrected chi connectivity index (χ3v) is 3.67. The first kappa shape index (κ1) is 17.5. The Labute approximate surface area is 141 Å². The number of urea groups is 1. The predicted octanol–water partition coefficient (Wildman–Crippen LogP) is 3.48. The molecule has 6 heteroatoms. The van der Waals surface area contributed by atoms with E-state index in [0.29, 0.717) is 17.2 Å². The maximum atomic E-state index is 12.0. The maximum absolute atomic E-state index is 12.0. The number of ether oxygens (including phenoxy) is 3. The minimum atomic E-state index is -0.385. The van der Waals surface area contributed by atoms with Crippen LogP contribution in [0.15, 0.2) is 36.4 Å². The van der Waals surface area contributed by atoms with Crippen molar-refractivity contribution < 1.29 is 19.0 Å². The van der Waals surface area contributed by atoms with Crippen LogP contribution < -0.4 is 24.8 Å². The second-order valence-electron chi connectivity index (χ2n) is 5.18. The number of hydrogen-bond acceptors (Lipinski definition) is 4. The zero-order chi connectivity index (χ0) is 17.5. The number of carbonyl (C=O) groups excluding carboxylic acids is 1. The third-order valence-electron chi connectivity index (χ3n) is 3.67. The van der Waals surface area contributed by atoms with Crippen molar-refractivity contribution in [2.45, 2.75) is 13.8 Å². The van der Waals surface area contributed by atoms with Crippen LogP contribution in [0.25, 0.3) is 0 Å². The normalized spacial score (nSPS) is 10.0. The molecule has 0 aliphatic heterocycles. The Morgan fingerprint density at radius 3 is 2.54 bits per heavy atom. The van der Waals surface area contributed by atoms with Gasteiger partial charge in [-0.25, -0.2) is 4.79 Å². The van der Waals surface area contributed by atoms with E-state index in [1.165, 1.54) is 7.11 Å². The van der Waals surface area contributed by atoms with Gasteiger partial charge in [-0.1, -0.05) is 12.1 Å². The Hall–Kier alpha value is -2.89. The average molecular weight is 330 g/mol. The molecule has 2 N–H and O–H groups in total. The molecule has 0 fully saturated rings. The van der Waals surface area contributed by atoms with Gasteiger partial charge in [0, 0.05) is 6.07 Å². The molecular weight excluding hydrogens is 308 g/mol. The van der Waals surface area contributed by atoms with Crippen molar-refractivity contribution in [3.8, 4) is 17.2 Å². The van der Waals surface area contributed by atoms with Gasteiger partial charge >= 0.3 is 6.03 Å². The second kappa shape index (κ2) is 8.10.